The maximum absolute atomic E-state index is 12.2. The molecule has 2 aromatic carbocycles. The first kappa shape index (κ1) is 14.1. The van der Waals surface area contributed by atoms with E-state index in [1.54, 1.807) is 0 Å². The molecule has 0 aliphatic carbocycles. The summed E-state index contributed by atoms with van der Waals surface area (Å²) in [4.78, 5) is 12.2. The van der Waals surface area contributed by atoms with Crippen LogP contribution < -0.4 is 14.8 Å². The first-order chi connectivity index (χ1) is 11.1. The monoisotopic (exact) mass is 309 g/mol. The van der Waals surface area contributed by atoms with Crippen LogP contribution in [0, 0.1) is 13.8 Å². The number of ether oxygens (including phenoxy) is 2. The number of carbonyl (C=O) groups is 1. The molecule has 2 aromatic rings. The zero-order valence-corrected chi connectivity index (χ0v) is 13.3. The third-order valence-corrected chi connectivity index (χ3v) is 4.56. The number of aryl methyl sites for hydroxylation is 2. The summed E-state index contributed by atoms with van der Waals surface area (Å²) in [5, 5.41) is 2.97. The fourth-order valence-electron chi connectivity index (χ4n) is 3.41. The Kier molecular flexibility index (Phi) is 3.26. The molecule has 0 saturated heterocycles. The Balaban J connectivity index is 1.87. The van der Waals surface area contributed by atoms with E-state index in [0.29, 0.717) is 25.4 Å². The van der Waals surface area contributed by atoms with Gasteiger partial charge in [-0.25, -0.2) is 0 Å². The summed E-state index contributed by atoms with van der Waals surface area (Å²) < 4.78 is 11.3. The zero-order chi connectivity index (χ0) is 16.0. The molecule has 2 aliphatic heterocycles. The standard InChI is InChI=1S/C19H19NO3/c1-11-3-4-12(2)13(7-11)14-9-19(21)20-16-10-18-17(8-15(14)16)22-5-6-23-18/h3-4,7-8,10,14H,5-6,9H2,1-2H3,(H,20,21)/t14-/m0/s1. The summed E-state index contributed by atoms with van der Waals surface area (Å²) in [6, 6.07) is 10.3. The van der Waals surface area contributed by atoms with Crippen molar-refractivity contribution in [3.05, 3.63) is 52.6 Å². The lowest BCUT2D eigenvalue weighted by molar-refractivity contribution is -0.116. The lowest BCUT2D eigenvalue weighted by Gasteiger charge is -2.29. The van der Waals surface area contributed by atoms with Crippen LogP contribution in [0.1, 0.15) is 34.6 Å². The van der Waals surface area contributed by atoms with E-state index < -0.39 is 0 Å². The van der Waals surface area contributed by atoms with Gasteiger partial charge in [0.2, 0.25) is 5.91 Å². The Bertz CT molecular complexity index is 797. The third kappa shape index (κ3) is 2.44. The Labute approximate surface area is 135 Å². The fraction of sp³-hybridized carbons (Fsp3) is 0.316. The molecule has 0 radical (unpaired) electrons. The van der Waals surface area contributed by atoms with Gasteiger partial charge in [-0.1, -0.05) is 23.8 Å². The Morgan fingerprint density at radius 2 is 1.74 bits per heavy atom. The van der Waals surface area contributed by atoms with Crippen LogP contribution in [0.5, 0.6) is 11.5 Å². The summed E-state index contributed by atoms with van der Waals surface area (Å²) >= 11 is 0. The van der Waals surface area contributed by atoms with E-state index in [2.05, 4.69) is 37.4 Å². The Morgan fingerprint density at radius 3 is 2.52 bits per heavy atom. The minimum Gasteiger partial charge on any atom is -0.486 e. The van der Waals surface area contributed by atoms with Gasteiger partial charge in [0.15, 0.2) is 11.5 Å². The molecule has 2 aliphatic rings. The summed E-state index contributed by atoms with van der Waals surface area (Å²) in [6.45, 7) is 5.28. The maximum Gasteiger partial charge on any atom is 0.225 e. The minimum atomic E-state index is 0.0417. The van der Waals surface area contributed by atoms with Crippen molar-refractivity contribution in [3.63, 3.8) is 0 Å². The number of hydrogen-bond donors (Lipinski definition) is 1. The van der Waals surface area contributed by atoms with Crippen molar-refractivity contribution in [1.29, 1.82) is 0 Å². The highest BCUT2D eigenvalue weighted by molar-refractivity contribution is 5.96. The van der Waals surface area contributed by atoms with Gasteiger partial charge < -0.3 is 14.8 Å². The van der Waals surface area contributed by atoms with Crippen molar-refractivity contribution in [2.24, 2.45) is 0 Å². The van der Waals surface area contributed by atoms with Gasteiger partial charge in [-0.15, -0.1) is 0 Å². The summed E-state index contributed by atoms with van der Waals surface area (Å²) in [5.74, 6) is 1.56. The molecular formula is C19H19NO3. The van der Waals surface area contributed by atoms with Gasteiger partial charge in [0.1, 0.15) is 13.2 Å². The SMILES string of the molecule is Cc1ccc(C)c([C@@H]2CC(=O)Nc3cc4c(cc32)OCCO4)c1. The van der Waals surface area contributed by atoms with Crippen molar-refractivity contribution in [2.75, 3.05) is 18.5 Å². The van der Waals surface area contributed by atoms with E-state index in [1.165, 1.54) is 16.7 Å². The number of benzene rings is 2. The summed E-state index contributed by atoms with van der Waals surface area (Å²) in [7, 11) is 0. The summed E-state index contributed by atoms with van der Waals surface area (Å²) in [6.07, 6.45) is 0.455. The molecule has 4 rings (SSSR count). The molecule has 4 heteroatoms. The molecule has 0 fully saturated rings. The molecule has 1 atom stereocenters. The number of anilines is 1. The smallest absolute Gasteiger partial charge is 0.225 e. The molecule has 1 N–H and O–H groups in total. The van der Waals surface area contributed by atoms with Gasteiger partial charge in [-0.3, -0.25) is 4.79 Å². The van der Waals surface area contributed by atoms with E-state index in [-0.39, 0.29) is 11.8 Å². The predicted molar refractivity (Wildman–Crippen MR) is 88.4 cm³/mol. The summed E-state index contributed by atoms with van der Waals surface area (Å²) in [5.41, 5.74) is 5.54. The van der Waals surface area contributed by atoms with Crippen LogP contribution in [0.3, 0.4) is 0 Å². The van der Waals surface area contributed by atoms with E-state index in [0.717, 1.165) is 17.0 Å². The Morgan fingerprint density at radius 1 is 1.00 bits per heavy atom. The topological polar surface area (TPSA) is 47.6 Å². The second-order valence-electron chi connectivity index (χ2n) is 6.25. The van der Waals surface area contributed by atoms with Crippen LogP contribution in [-0.2, 0) is 4.79 Å². The molecular weight excluding hydrogens is 290 g/mol. The van der Waals surface area contributed by atoms with Crippen LogP contribution in [0.4, 0.5) is 5.69 Å². The molecule has 0 saturated carbocycles. The quantitative estimate of drug-likeness (QED) is 0.876. The first-order valence-corrected chi connectivity index (χ1v) is 7.92. The number of hydrogen-bond acceptors (Lipinski definition) is 3. The van der Waals surface area contributed by atoms with Crippen LogP contribution >= 0.6 is 0 Å². The van der Waals surface area contributed by atoms with E-state index >= 15 is 0 Å². The Hall–Kier alpha value is -2.49. The van der Waals surface area contributed by atoms with Crippen LogP contribution in [0.15, 0.2) is 30.3 Å². The highest BCUT2D eigenvalue weighted by Crippen LogP contribution is 2.44. The van der Waals surface area contributed by atoms with E-state index in [9.17, 15) is 4.79 Å². The molecule has 2 heterocycles. The molecule has 23 heavy (non-hydrogen) atoms. The second kappa shape index (κ2) is 5.30. The highest BCUT2D eigenvalue weighted by Gasteiger charge is 2.30. The largest absolute Gasteiger partial charge is 0.486 e. The molecule has 0 bridgehead atoms. The molecule has 118 valence electrons. The maximum atomic E-state index is 12.2. The fourth-order valence-corrected chi connectivity index (χ4v) is 3.41. The van der Waals surface area contributed by atoms with Crippen molar-refractivity contribution >= 4 is 11.6 Å². The zero-order valence-electron chi connectivity index (χ0n) is 13.3. The van der Waals surface area contributed by atoms with Crippen LogP contribution in [0.25, 0.3) is 0 Å². The van der Waals surface area contributed by atoms with Gasteiger partial charge in [-0.2, -0.15) is 0 Å². The predicted octanol–water partition coefficient (Wildman–Crippen LogP) is 3.55. The average molecular weight is 309 g/mol. The molecule has 0 aromatic heterocycles. The van der Waals surface area contributed by atoms with Gasteiger partial charge in [0.05, 0.1) is 0 Å². The van der Waals surface area contributed by atoms with Crippen molar-refractivity contribution in [1.82, 2.24) is 0 Å². The molecule has 0 spiro atoms. The molecule has 4 nitrogen and oxygen atoms in total. The van der Waals surface area contributed by atoms with E-state index in [1.807, 2.05) is 12.1 Å². The number of rotatable bonds is 1. The minimum absolute atomic E-state index is 0.0417. The highest BCUT2D eigenvalue weighted by atomic mass is 16.6. The lowest BCUT2D eigenvalue weighted by atomic mass is 9.82. The van der Waals surface area contributed by atoms with E-state index in [4.69, 9.17) is 9.47 Å². The lowest BCUT2D eigenvalue weighted by Crippen LogP contribution is -2.25. The number of amides is 1. The first-order valence-electron chi connectivity index (χ1n) is 7.92. The molecule has 1 amide bonds. The van der Waals surface area contributed by atoms with Crippen molar-refractivity contribution < 1.29 is 14.3 Å². The van der Waals surface area contributed by atoms with Crippen molar-refractivity contribution in [2.45, 2.75) is 26.2 Å². The normalized spacial score (nSPS) is 19.0. The third-order valence-electron chi connectivity index (χ3n) is 4.56. The van der Waals surface area contributed by atoms with Crippen molar-refractivity contribution in [3.8, 4) is 11.5 Å². The van der Waals surface area contributed by atoms with Gasteiger partial charge in [0, 0.05) is 24.1 Å². The van der Waals surface area contributed by atoms with Gasteiger partial charge in [-0.05, 0) is 36.6 Å². The average Bonchev–Trinajstić information content (AvgIpc) is 2.54. The van der Waals surface area contributed by atoms with Crippen LogP contribution in [-0.4, -0.2) is 19.1 Å². The number of carbonyl (C=O) groups excluding carboxylic acids is 1. The van der Waals surface area contributed by atoms with Gasteiger partial charge >= 0.3 is 0 Å². The molecule has 0 unspecified atom stereocenters. The van der Waals surface area contributed by atoms with Crippen LogP contribution in [0.2, 0.25) is 0 Å². The van der Waals surface area contributed by atoms with Gasteiger partial charge in [0.25, 0.3) is 0 Å². The number of fused-ring (bicyclic) bond motifs is 2. The second-order valence-corrected chi connectivity index (χ2v) is 6.25. The number of nitrogens with one attached hydrogen (secondary N) is 1.